The number of amides is 2. The van der Waals surface area contributed by atoms with Crippen molar-refractivity contribution in [3.63, 3.8) is 0 Å². The Morgan fingerprint density at radius 1 is 1.22 bits per heavy atom. The highest BCUT2D eigenvalue weighted by Crippen LogP contribution is 2.16. The first-order chi connectivity index (χ1) is 15.6. The van der Waals surface area contributed by atoms with Crippen molar-refractivity contribution in [3.05, 3.63) is 64.7 Å². The maximum absolute atomic E-state index is 11.9. The number of nitrogens with zero attached hydrogens (tertiary/aromatic N) is 1. The lowest BCUT2D eigenvalue weighted by Gasteiger charge is -2.11. The molecule has 1 fully saturated rings. The molecule has 1 aliphatic rings. The van der Waals surface area contributed by atoms with E-state index < -0.39 is 0 Å². The Kier molecular flexibility index (Phi) is 9.87. The van der Waals surface area contributed by atoms with Crippen LogP contribution in [0.15, 0.2) is 53.6 Å². The molecule has 170 valence electrons. The number of rotatable bonds is 11. The smallest absolute Gasteiger partial charge is 0.258 e. The van der Waals surface area contributed by atoms with Gasteiger partial charge in [0.15, 0.2) is 6.61 Å². The van der Waals surface area contributed by atoms with Gasteiger partial charge in [0.25, 0.3) is 5.91 Å². The highest BCUT2D eigenvalue weighted by molar-refractivity contribution is 7.99. The molecule has 0 radical (unpaired) electrons. The largest absolute Gasteiger partial charge is 0.484 e. The lowest BCUT2D eigenvalue weighted by molar-refractivity contribution is -0.123. The van der Waals surface area contributed by atoms with E-state index in [1.807, 2.05) is 24.3 Å². The van der Waals surface area contributed by atoms with Crippen molar-refractivity contribution in [1.82, 2.24) is 10.7 Å². The van der Waals surface area contributed by atoms with E-state index in [0.717, 1.165) is 30.6 Å². The Labute approximate surface area is 196 Å². The van der Waals surface area contributed by atoms with E-state index in [1.54, 1.807) is 30.5 Å². The van der Waals surface area contributed by atoms with Gasteiger partial charge in [-0.05, 0) is 60.4 Å². The van der Waals surface area contributed by atoms with Gasteiger partial charge >= 0.3 is 0 Å². The molecule has 2 amide bonds. The summed E-state index contributed by atoms with van der Waals surface area (Å²) in [5.41, 5.74) is 4.38. The lowest BCUT2D eigenvalue weighted by Crippen LogP contribution is -2.35. The summed E-state index contributed by atoms with van der Waals surface area (Å²) in [5.74, 6) is 1.22. The normalized spacial score (nSPS) is 15.6. The molecule has 0 saturated carbocycles. The van der Waals surface area contributed by atoms with Gasteiger partial charge in [-0.3, -0.25) is 9.59 Å². The molecule has 1 aliphatic heterocycles. The molecule has 2 aromatic carbocycles. The van der Waals surface area contributed by atoms with Gasteiger partial charge in [-0.2, -0.15) is 5.10 Å². The quantitative estimate of drug-likeness (QED) is 0.384. The van der Waals surface area contributed by atoms with Crippen LogP contribution in [-0.4, -0.2) is 49.6 Å². The molecule has 2 N–H and O–H groups in total. The molecule has 0 unspecified atom stereocenters. The minimum atomic E-state index is -0.179. The van der Waals surface area contributed by atoms with Crippen LogP contribution in [0.4, 0.5) is 0 Å². The van der Waals surface area contributed by atoms with Crippen LogP contribution < -0.4 is 15.5 Å². The van der Waals surface area contributed by atoms with Gasteiger partial charge in [0.2, 0.25) is 5.91 Å². The van der Waals surface area contributed by atoms with Crippen LogP contribution in [0.25, 0.3) is 0 Å². The SMILES string of the molecule is O=C(COc1ccc(/C=N\NC(=O)CSCc2cccc(Cl)c2)cc1)NC[C@H]1CCCO1. The fourth-order valence-electron chi connectivity index (χ4n) is 2.98. The maximum atomic E-state index is 11.9. The van der Waals surface area contributed by atoms with Crippen molar-refractivity contribution >= 4 is 41.4 Å². The second-order valence-corrected chi connectivity index (χ2v) is 8.63. The molecule has 0 aromatic heterocycles. The molecule has 0 spiro atoms. The third-order valence-electron chi connectivity index (χ3n) is 4.59. The lowest BCUT2D eigenvalue weighted by atomic mass is 10.2. The summed E-state index contributed by atoms with van der Waals surface area (Å²) in [6.07, 6.45) is 3.68. The number of carbonyl (C=O) groups is 2. The summed E-state index contributed by atoms with van der Waals surface area (Å²) in [6, 6.07) is 14.7. The van der Waals surface area contributed by atoms with Gasteiger partial charge in [0, 0.05) is 23.9 Å². The molecule has 1 heterocycles. The van der Waals surface area contributed by atoms with Crippen molar-refractivity contribution in [3.8, 4) is 5.75 Å². The number of nitrogens with one attached hydrogen (secondary N) is 2. The van der Waals surface area contributed by atoms with Crippen molar-refractivity contribution in [2.24, 2.45) is 5.10 Å². The Morgan fingerprint density at radius 2 is 2.06 bits per heavy atom. The topological polar surface area (TPSA) is 89.0 Å². The predicted octanol–water partition coefficient (Wildman–Crippen LogP) is 3.40. The van der Waals surface area contributed by atoms with Crippen LogP contribution in [0, 0.1) is 0 Å². The van der Waals surface area contributed by atoms with Gasteiger partial charge in [-0.15, -0.1) is 11.8 Å². The average molecular weight is 476 g/mol. The van der Waals surface area contributed by atoms with Crippen molar-refractivity contribution in [1.29, 1.82) is 0 Å². The van der Waals surface area contributed by atoms with Crippen LogP contribution in [0.2, 0.25) is 5.02 Å². The average Bonchev–Trinajstić information content (AvgIpc) is 3.31. The Hall–Kier alpha value is -2.55. The number of benzene rings is 2. The van der Waals surface area contributed by atoms with E-state index in [2.05, 4.69) is 15.8 Å². The summed E-state index contributed by atoms with van der Waals surface area (Å²) in [4.78, 5) is 23.7. The van der Waals surface area contributed by atoms with Crippen LogP contribution in [-0.2, 0) is 20.1 Å². The second-order valence-electron chi connectivity index (χ2n) is 7.21. The van der Waals surface area contributed by atoms with E-state index in [0.29, 0.717) is 28.8 Å². The second kappa shape index (κ2) is 13.1. The standard InChI is InChI=1S/C23H26ClN3O4S/c24-19-4-1-3-18(11-19)15-32-16-23(29)27-26-12-17-6-8-20(9-7-17)31-14-22(28)25-13-21-5-2-10-30-21/h1,3-4,6-9,11-12,21H,2,5,10,13-16H2,(H,25,28)(H,27,29)/b26-12-/t21-/m1/s1. The summed E-state index contributed by atoms with van der Waals surface area (Å²) in [5, 5.41) is 7.47. The fourth-order valence-corrected chi connectivity index (χ4v) is 3.96. The van der Waals surface area contributed by atoms with Crippen molar-refractivity contribution < 1.29 is 19.1 Å². The van der Waals surface area contributed by atoms with Gasteiger partial charge < -0.3 is 14.8 Å². The summed E-state index contributed by atoms with van der Waals surface area (Å²) in [7, 11) is 0. The highest BCUT2D eigenvalue weighted by Gasteiger charge is 2.16. The van der Waals surface area contributed by atoms with Crippen LogP contribution in [0.3, 0.4) is 0 Å². The molecule has 7 nitrogen and oxygen atoms in total. The zero-order valence-corrected chi connectivity index (χ0v) is 19.2. The first-order valence-corrected chi connectivity index (χ1v) is 11.9. The zero-order chi connectivity index (χ0) is 22.6. The highest BCUT2D eigenvalue weighted by atomic mass is 35.5. The van der Waals surface area contributed by atoms with E-state index in [1.165, 1.54) is 11.8 Å². The molecular weight excluding hydrogens is 450 g/mol. The number of hydrogen-bond acceptors (Lipinski definition) is 6. The molecular formula is C23H26ClN3O4S. The molecule has 0 aliphatic carbocycles. The summed E-state index contributed by atoms with van der Waals surface area (Å²) in [6.45, 7) is 1.23. The molecule has 0 bridgehead atoms. The molecule has 1 saturated heterocycles. The van der Waals surface area contributed by atoms with Crippen molar-refractivity contribution in [2.45, 2.75) is 24.7 Å². The van der Waals surface area contributed by atoms with Crippen molar-refractivity contribution in [2.75, 3.05) is 25.5 Å². The number of thioether (sulfide) groups is 1. The summed E-state index contributed by atoms with van der Waals surface area (Å²) >= 11 is 7.44. The van der Waals surface area contributed by atoms with Crippen LogP contribution in [0.5, 0.6) is 5.75 Å². The first kappa shape index (κ1) is 24.1. The predicted molar refractivity (Wildman–Crippen MR) is 127 cm³/mol. The monoisotopic (exact) mass is 475 g/mol. The Balaban J connectivity index is 1.31. The maximum Gasteiger partial charge on any atom is 0.258 e. The third-order valence-corrected chi connectivity index (χ3v) is 5.83. The number of hydrogen-bond donors (Lipinski definition) is 2. The van der Waals surface area contributed by atoms with E-state index in [4.69, 9.17) is 21.1 Å². The number of hydrazone groups is 1. The number of halogens is 1. The van der Waals surface area contributed by atoms with Gasteiger partial charge in [-0.25, -0.2) is 5.43 Å². The van der Waals surface area contributed by atoms with Crippen LogP contribution >= 0.6 is 23.4 Å². The number of carbonyl (C=O) groups excluding carboxylic acids is 2. The molecule has 1 atom stereocenters. The van der Waals surface area contributed by atoms with Gasteiger partial charge in [0.05, 0.1) is 18.1 Å². The third kappa shape index (κ3) is 8.90. The minimum absolute atomic E-state index is 0.0525. The van der Waals surface area contributed by atoms with E-state index in [9.17, 15) is 9.59 Å². The summed E-state index contributed by atoms with van der Waals surface area (Å²) < 4.78 is 11.0. The number of ether oxygens (including phenoxy) is 2. The minimum Gasteiger partial charge on any atom is -0.484 e. The van der Waals surface area contributed by atoms with Gasteiger partial charge in [-0.1, -0.05) is 23.7 Å². The molecule has 32 heavy (non-hydrogen) atoms. The van der Waals surface area contributed by atoms with E-state index in [-0.39, 0.29) is 24.5 Å². The van der Waals surface area contributed by atoms with Gasteiger partial charge in [0.1, 0.15) is 5.75 Å². The fraction of sp³-hybridized carbons (Fsp3) is 0.348. The van der Waals surface area contributed by atoms with Crippen LogP contribution in [0.1, 0.15) is 24.0 Å². The molecule has 3 rings (SSSR count). The molecule has 2 aromatic rings. The Bertz CT molecular complexity index is 918. The van der Waals surface area contributed by atoms with E-state index >= 15 is 0 Å². The first-order valence-electron chi connectivity index (χ1n) is 10.3. The molecule has 9 heteroatoms. The Morgan fingerprint density at radius 3 is 2.81 bits per heavy atom. The zero-order valence-electron chi connectivity index (χ0n) is 17.6.